The lowest BCUT2D eigenvalue weighted by Crippen LogP contribution is -2.05. The van der Waals surface area contributed by atoms with Crippen LogP contribution >= 0.6 is 34.2 Å². The molecule has 4 rings (SSSR count). The van der Waals surface area contributed by atoms with Crippen LogP contribution in [0, 0.1) is 17.4 Å². The zero-order chi connectivity index (χ0) is 23.5. The summed E-state index contributed by atoms with van der Waals surface area (Å²) in [5.41, 5.74) is 4.86. The molecule has 3 aromatic carbocycles. The lowest BCUT2D eigenvalue weighted by Gasteiger charge is -2.14. The van der Waals surface area contributed by atoms with Gasteiger partial charge in [-0.2, -0.15) is 0 Å². The number of halogens is 2. The fraction of sp³-hybridized carbons (Fsp3) is 0.154. The van der Waals surface area contributed by atoms with E-state index in [1.807, 2.05) is 56.3 Å². The van der Waals surface area contributed by atoms with E-state index in [2.05, 4.69) is 27.6 Å². The molecular weight excluding hydrogens is 553 g/mol. The van der Waals surface area contributed by atoms with E-state index in [1.54, 1.807) is 25.3 Å². The quantitative estimate of drug-likeness (QED) is 0.192. The van der Waals surface area contributed by atoms with Gasteiger partial charge in [-0.1, -0.05) is 35.9 Å². The van der Waals surface area contributed by atoms with Crippen LogP contribution < -0.4 is 9.47 Å². The second-order valence-corrected chi connectivity index (χ2v) is 9.12. The molecule has 7 heteroatoms. The smallest absolute Gasteiger partial charge is 0.363 e. The Kier molecular flexibility index (Phi) is 7.05. The van der Waals surface area contributed by atoms with Gasteiger partial charge in [-0.3, -0.25) is 0 Å². The van der Waals surface area contributed by atoms with Crippen molar-refractivity contribution in [1.29, 1.82) is 0 Å². The highest BCUT2D eigenvalue weighted by atomic mass is 127. The van der Waals surface area contributed by atoms with Crippen LogP contribution in [0.4, 0.5) is 0 Å². The lowest BCUT2D eigenvalue weighted by atomic mass is 10.1. The zero-order valence-corrected chi connectivity index (χ0v) is 21.2. The molecule has 0 aliphatic carbocycles. The number of hydrogen-bond acceptors (Lipinski definition) is 5. The standard InChI is InChI=1S/C26H21ClINO4/c1-15-6-4-5-7-19(15)14-32-24-20(27)11-17(13-23(24)31-3)12-22-26(30)33-25(29-22)18-8-9-21(28)16(2)10-18/h4-13H,14H2,1-3H3/b22-12-. The molecule has 1 aliphatic rings. The molecule has 5 nitrogen and oxygen atoms in total. The van der Waals surface area contributed by atoms with Crippen LogP contribution in [0.2, 0.25) is 5.02 Å². The van der Waals surface area contributed by atoms with Gasteiger partial charge in [0.2, 0.25) is 5.90 Å². The molecule has 1 aliphatic heterocycles. The van der Waals surface area contributed by atoms with E-state index in [1.165, 1.54) is 0 Å². The molecule has 0 amide bonds. The van der Waals surface area contributed by atoms with Crippen LogP contribution in [0.25, 0.3) is 6.08 Å². The van der Waals surface area contributed by atoms with Gasteiger partial charge >= 0.3 is 5.97 Å². The summed E-state index contributed by atoms with van der Waals surface area (Å²) in [5, 5.41) is 0.374. The van der Waals surface area contributed by atoms with Gasteiger partial charge in [-0.25, -0.2) is 9.79 Å². The Bertz CT molecular complexity index is 1300. The van der Waals surface area contributed by atoms with Crippen molar-refractivity contribution in [2.45, 2.75) is 20.5 Å². The summed E-state index contributed by atoms with van der Waals surface area (Å²) >= 11 is 8.77. The maximum Gasteiger partial charge on any atom is 0.363 e. The number of cyclic esters (lactones) is 1. The minimum atomic E-state index is -0.517. The molecule has 0 fully saturated rings. The van der Waals surface area contributed by atoms with E-state index in [0.717, 1.165) is 25.8 Å². The highest BCUT2D eigenvalue weighted by molar-refractivity contribution is 14.1. The van der Waals surface area contributed by atoms with Crippen molar-refractivity contribution in [3.63, 3.8) is 0 Å². The fourth-order valence-electron chi connectivity index (χ4n) is 3.35. The number of hydrogen-bond donors (Lipinski definition) is 0. The number of esters is 1. The van der Waals surface area contributed by atoms with Gasteiger partial charge in [0.1, 0.15) is 6.61 Å². The second-order valence-electron chi connectivity index (χ2n) is 7.55. The molecule has 0 N–H and O–H groups in total. The summed E-state index contributed by atoms with van der Waals surface area (Å²) in [7, 11) is 1.54. The third kappa shape index (κ3) is 5.23. The number of methoxy groups -OCH3 is 1. The molecular formula is C26H21ClINO4. The van der Waals surface area contributed by atoms with E-state index in [0.29, 0.717) is 28.7 Å². The molecule has 0 atom stereocenters. The van der Waals surface area contributed by atoms with Crippen LogP contribution in [0.5, 0.6) is 11.5 Å². The third-order valence-electron chi connectivity index (χ3n) is 5.21. The van der Waals surface area contributed by atoms with E-state index in [4.69, 9.17) is 25.8 Å². The number of benzene rings is 3. The zero-order valence-electron chi connectivity index (χ0n) is 18.3. The first kappa shape index (κ1) is 23.3. The third-order valence-corrected chi connectivity index (χ3v) is 6.70. The predicted octanol–water partition coefficient (Wildman–Crippen LogP) is 6.49. The van der Waals surface area contributed by atoms with Gasteiger partial charge in [0, 0.05) is 9.13 Å². The number of aryl methyl sites for hydroxylation is 2. The Morgan fingerprint density at radius 2 is 1.88 bits per heavy atom. The first-order valence-corrected chi connectivity index (χ1v) is 11.7. The summed E-state index contributed by atoms with van der Waals surface area (Å²) in [5.74, 6) is 0.669. The Morgan fingerprint density at radius 3 is 2.61 bits per heavy atom. The van der Waals surface area contributed by atoms with Gasteiger partial charge in [-0.05, 0) is 95.1 Å². The number of nitrogens with zero attached hydrogens (tertiary/aromatic N) is 1. The molecule has 0 saturated carbocycles. The number of carbonyl (C=O) groups is 1. The van der Waals surface area contributed by atoms with Crippen molar-refractivity contribution in [1.82, 2.24) is 0 Å². The van der Waals surface area contributed by atoms with Crippen LogP contribution in [-0.4, -0.2) is 19.0 Å². The Morgan fingerprint density at radius 1 is 1.09 bits per heavy atom. The summed E-state index contributed by atoms with van der Waals surface area (Å²) in [6.07, 6.45) is 1.62. The minimum Gasteiger partial charge on any atom is -0.493 e. The molecule has 0 bridgehead atoms. The van der Waals surface area contributed by atoms with Crippen molar-refractivity contribution >= 4 is 52.1 Å². The highest BCUT2D eigenvalue weighted by Gasteiger charge is 2.25. The van der Waals surface area contributed by atoms with Crippen molar-refractivity contribution in [2.75, 3.05) is 7.11 Å². The van der Waals surface area contributed by atoms with Crippen molar-refractivity contribution in [2.24, 2.45) is 4.99 Å². The van der Waals surface area contributed by atoms with Crippen LogP contribution in [-0.2, 0) is 16.1 Å². The summed E-state index contributed by atoms with van der Waals surface area (Å²) in [6.45, 7) is 4.38. The van der Waals surface area contributed by atoms with Gasteiger partial charge in [0.15, 0.2) is 17.2 Å². The van der Waals surface area contributed by atoms with Crippen molar-refractivity contribution < 1.29 is 19.0 Å². The maximum atomic E-state index is 12.4. The molecule has 3 aromatic rings. The molecule has 33 heavy (non-hydrogen) atoms. The van der Waals surface area contributed by atoms with Crippen LogP contribution in [0.15, 0.2) is 65.3 Å². The SMILES string of the molecule is COc1cc(/C=C2\N=C(c3ccc(I)c(C)c3)OC2=O)cc(Cl)c1OCc1ccccc1C. The van der Waals surface area contributed by atoms with Gasteiger partial charge in [0.05, 0.1) is 12.1 Å². The second kappa shape index (κ2) is 9.97. The van der Waals surface area contributed by atoms with Gasteiger partial charge in [-0.15, -0.1) is 0 Å². The van der Waals surface area contributed by atoms with Crippen molar-refractivity contribution in [3.05, 3.63) is 96.7 Å². The number of aliphatic imine (C=N–C) groups is 1. The molecule has 0 radical (unpaired) electrons. The number of ether oxygens (including phenoxy) is 3. The summed E-state index contributed by atoms with van der Waals surface area (Å²) in [6, 6.07) is 17.2. The monoisotopic (exact) mass is 573 g/mol. The average molecular weight is 574 g/mol. The Hall–Kier alpha value is -2.84. The topological polar surface area (TPSA) is 57.1 Å². The van der Waals surface area contributed by atoms with Crippen molar-refractivity contribution in [3.8, 4) is 11.5 Å². The number of carbonyl (C=O) groups excluding carboxylic acids is 1. The average Bonchev–Trinajstić information content (AvgIpc) is 3.15. The summed E-state index contributed by atoms with van der Waals surface area (Å²) in [4.78, 5) is 16.8. The Balaban J connectivity index is 1.60. The Labute approximate surface area is 211 Å². The maximum absolute atomic E-state index is 12.4. The largest absolute Gasteiger partial charge is 0.493 e. The van der Waals surface area contributed by atoms with Crippen LogP contribution in [0.1, 0.15) is 27.8 Å². The van der Waals surface area contributed by atoms with Gasteiger partial charge < -0.3 is 14.2 Å². The first-order valence-electron chi connectivity index (χ1n) is 10.2. The van der Waals surface area contributed by atoms with Gasteiger partial charge in [0.25, 0.3) is 0 Å². The molecule has 0 aromatic heterocycles. The molecule has 0 saturated heterocycles. The molecule has 0 unspecified atom stereocenters. The first-order chi connectivity index (χ1) is 15.9. The molecule has 1 heterocycles. The lowest BCUT2D eigenvalue weighted by molar-refractivity contribution is -0.129. The molecule has 0 spiro atoms. The molecule has 168 valence electrons. The number of rotatable bonds is 6. The van der Waals surface area contributed by atoms with E-state index in [9.17, 15) is 4.79 Å². The van der Waals surface area contributed by atoms with Crippen LogP contribution in [0.3, 0.4) is 0 Å². The summed E-state index contributed by atoms with van der Waals surface area (Å²) < 4.78 is 18.0. The normalized spacial score (nSPS) is 14.3. The minimum absolute atomic E-state index is 0.188. The predicted molar refractivity (Wildman–Crippen MR) is 138 cm³/mol. The highest BCUT2D eigenvalue weighted by Crippen LogP contribution is 2.38. The fourth-order valence-corrected chi connectivity index (χ4v) is 3.96. The van der Waals surface area contributed by atoms with E-state index >= 15 is 0 Å². The van der Waals surface area contributed by atoms with E-state index < -0.39 is 5.97 Å². The van der Waals surface area contributed by atoms with E-state index in [-0.39, 0.29) is 11.6 Å².